The zero-order chi connectivity index (χ0) is 15.6. The average Bonchev–Trinajstić information content (AvgIpc) is 2.29. The molecule has 20 heavy (non-hydrogen) atoms. The molecule has 0 fully saturated rings. The number of methoxy groups -OCH3 is 1. The third-order valence-corrected chi connectivity index (χ3v) is 3.98. The molecule has 1 aromatic carbocycles. The number of ether oxygens (including phenoxy) is 1. The van der Waals surface area contributed by atoms with Crippen LogP contribution in [0.3, 0.4) is 0 Å². The predicted molar refractivity (Wildman–Crippen MR) is 86.1 cm³/mol. The number of hydrogen-bond acceptors (Lipinski definition) is 2. The summed E-state index contributed by atoms with van der Waals surface area (Å²) >= 11 is 3.26. The topological polar surface area (TPSA) is 21.3 Å². The minimum absolute atomic E-state index is 0.0974. The summed E-state index contributed by atoms with van der Waals surface area (Å²) in [5.41, 5.74) is 1.02. The molecule has 0 saturated carbocycles. The molecule has 2 nitrogen and oxygen atoms in total. The highest BCUT2D eigenvalue weighted by atomic mass is 79.9. The summed E-state index contributed by atoms with van der Waals surface area (Å²) in [5.74, 6) is 0.306. The van der Waals surface area contributed by atoms with Gasteiger partial charge in [0.2, 0.25) is 0 Å². The summed E-state index contributed by atoms with van der Waals surface area (Å²) < 4.78 is 19.4. The standard InChI is InChI=1S/C16H25BrFNO/c1-15(2,3)19-8-7-16(4,5)11-9-12(17)13(18)10-14(11)20-6/h9-10,19H,7-8H2,1-6H3. The van der Waals surface area contributed by atoms with Gasteiger partial charge in [0.1, 0.15) is 11.6 Å². The Balaban J connectivity index is 2.94. The Kier molecular flexibility index (Phi) is 5.61. The van der Waals surface area contributed by atoms with Crippen LogP contribution in [-0.2, 0) is 5.41 Å². The zero-order valence-electron chi connectivity index (χ0n) is 13.2. The fraction of sp³-hybridized carbons (Fsp3) is 0.625. The maximum absolute atomic E-state index is 13.6. The van der Waals surface area contributed by atoms with E-state index in [4.69, 9.17) is 4.74 Å². The van der Waals surface area contributed by atoms with Gasteiger partial charge >= 0.3 is 0 Å². The minimum Gasteiger partial charge on any atom is -0.496 e. The molecule has 0 aliphatic heterocycles. The van der Waals surface area contributed by atoms with Gasteiger partial charge in [-0.2, -0.15) is 0 Å². The number of halogens is 2. The van der Waals surface area contributed by atoms with Crippen molar-refractivity contribution in [1.82, 2.24) is 5.32 Å². The molecule has 114 valence electrons. The molecule has 1 N–H and O–H groups in total. The lowest BCUT2D eigenvalue weighted by molar-refractivity contribution is 0.358. The molecule has 4 heteroatoms. The Morgan fingerprint density at radius 2 is 1.80 bits per heavy atom. The highest BCUT2D eigenvalue weighted by molar-refractivity contribution is 9.10. The zero-order valence-corrected chi connectivity index (χ0v) is 14.8. The van der Waals surface area contributed by atoms with Gasteiger partial charge in [-0.1, -0.05) is 13.8 Å². The van der Waals surface area contributed by atoms with E-state index in [1.165, 1.54) is 6.07 Å². The molecule has 0 spiro atoms. The minimum atomic E-state index is -0.297. The van der Waals surface area contributed by atoms with Gasteiger partial charge in [0.05, 0.1) is 11.6 Å². The van der Waals surface area contributed by atoms with Crippen molar-refractivity contribution >= 4 is 15.9 Å². The molecule has 1 rings (SSSR count). The summed E-state index contributed by atoms with van der Waals surface area (Å²) in [6.45, 7) is 11.6. The smallest absolute Gasteiger partial charge is 0.141 e. The Labute approximate surface area is 130 Å². The molecule has 0 aliphatic rings. The van der Waals surface area contributed by atoms with E-state index >= 15 is 0 Å². The third kappa shape index (κ3) is 4.74. The van der Waals surface area contributed by atoms with Crippen LogP contribution < -0.4 is 10.1 Å². The highest BCUT2D eigenvalue weighted by Crippen LogP contribution is 2.37. The summed E-state index contributed by atoms with van der Waals surface area (Å²) in [5, 5.41) is 3.48. The van der Waals surface area contributed by atoms with E-state index in [-0.39, 0.29) is 16.8 Å². The van der Waals surface area contributed by atoms with Gasteiger partial charge in [0.25, 0.3) is 0 Å². The van der Waals surface area contributed by atoms with Crippen LogP contribution >= 0.6 is 15.9 Å². The van der Waals surface area contributed by atoms with Crippen LogP contribution in [0.25, 0.3) is 0 Å². The fourth-order valence-corrected chi connectivity index (χ4v) is 2.45. The van der Waals surface area contributed by atoms with Gasteiger partial charge in [-0.05, 0) is 61.1 Å². The van der Waals surface area contributed by atoms with Crippen molar-refractivity contribution < 1.29 is 9.13 Å². The van der Waals surface area contributed by atoms with Crippen LogP contribution in [0.5, 0.6) is 5.75 Å². The largest absolute Gasteiger partial charge is 0.496 e. The van der Waals surface area contributed by atoms with E-state index in [2.05, 4.69) is 55.9 Å². The molecular weight excluding hydrogens is 321 g/mol. The second-order valence-corrected chi connectivity index (χ2v) is 7.63. The molecular formula is C16H25BrFNO. The highest BCUT2D eigenvalue weighted by Gasteiger charge is 2.26. The monoisotopic (exact) mass is 345 g/mol. The van der Waals surface area contributed by atoms with Gasteiger partial charge in [0.15, 0.2) is 0 Å². The first-order valence-corrected chi connectivity index (χ1v) is 7.65. The van der Waals surface area contributed by atoms with Gasteiger partial charge < -0.3 is 10.1 Å². The Morgan fingerprint density at radius 1 is 1.20 bits per heavy atom. The number of hydrogen-bond donors (Lipinski definition) is 1. The molecule has 0 atom stereocenters. The van der Waals surface area contributed by atoms with Gasteiger partial charge in [0, 0.05) is 17.2 Å². The maximum atomic E-state index is 13.6. The first-order valence-electron chi connectivity index (χ1n) is 6.85. The van der Waals surface area contributed by atoms with Crippen molar-refractivity contribution in [2.24, 2.45) is 0 Å². The summed E-state index contributed by atoms with van der Waals surface area (Å²) in [7, 11) is 1.58. The van der Waals surface area contributed by atoms with E-state index in [1.807, 2.05) is 6.07 Å². The quantitative estimate of drug-likeness (QED) is 0.838. The van der Waals surface area contributed by atoms with E-state index in [0.29, 0.717) is 10.2 Å². The average molecular weight is 346 g/mol. The Morgan fingerprint density at radius 3 is 2.30 bits per heavy atom. The lowest BCUT2D eigenvalue weighted by Gasteiger charge is -2.30. The summed E-state index contributed by atoms with van der Waals surface area (Å²) in [6.07, 6.45) is 0.943. The van der Waals surface area contributed by atoms with Crippen LogP contribution in [0.4, 0.5) is 4.39 Å². The predicted octanol–water partition coefficient (Wildman–Crippen LogP) is 4.65. The van der Waals surface area contributed by atoms with Crippen LogP contribution in [0, 0.1) is 5.82 Å². The molecule has 0 heterocycles. The van der Waals surface area contributed by atoms with Crippen molar-refractivity contribution in [2.75, 3.05) is 13.7 Å². The van der Waals surface area contributed by atoms with Gasteiger partial charge in [-0.3, -0.25) is 0 Å². The number of nitrogens with one attached hydrogen (secondary N) is 1. The van der Waals surface area contributed by atoms with Crippen molar-refractivity contribution in [1.29, 1.82) is 0 Å². The van der Waals surface area contributed by atoms with Crippen LogP contribution in [0.1, 0.15) is 46.6 Å². The number of benzene rings is 1. The van der Waals surface area contributed by atoms with E-state index in [9.17, 15) is 4.39 Å². The van der Waals surface area contributed by atoms with Gasteiger partial charge in [-0.25, -0.2) is 4.39 Å². The van der Waals surface area contributed by atoms with Crippen molar-refractivity contribution in [3.8, 4) is 5.75 Å². The van der Waals surface area contributed by atoms with E-state index in [1.54, 1.807) is 7.11 Å². The molecule has 0 aromatic heterocycles. The van der Waals surface area contributed by atoms with Crippen LogP contribution in [0.15, 0.2) is 16.6 Å². The third-order valence-electron chi connectivity index (χ3n) is 3.38. The first kappa shape index (κ1) is 17.4. The number of rotatable bonds is 5. The van der Waals surface area contributed by atoms with Gasteiger partial charge in [-0.15, -0.1) is 0 Å². The maximum Gasteiger partial charge on any atom is 0.141 e. The summed E-state index contributed by atoms with van der Waals surface area (Å²) in [4.78, 5) is 0. The molecule has 0 bridgehead atoms. The second kappa shape index (κ2) is 6.44. The molecule has 0 unspecified atom stereocenters. The fourth-order valence-electron chi connectivity index (χ4n) is 2.11. The SMILES string of the molecule is COc1cc(F)c(Br)cc1C(C)(C)CCNC(C)(C)C. The molecule has 0 aliphatic carbocycles. The second-order valence-electron chi connectivity index (χ2n) is 6.78. The lowest BCUT2D eigenvalue weighted by Crippen LogP contribution is -2.38. The van der Waals surface area contributed by atoms with Crippen molar-refractivity contribution in [3.63, 3.8) is 0 Å². The molecule has 1 aromatic rings. The Hall–Kier alpha value is -0.610. The van der Waals surface area contributed by atoms with Crippen molar-refractivity contribution in [2.45, 2.75) is 52.0 Å². The Bertz CT molecular complexity index is 466. The normalized spacial score (nSPS) is 12.6. The lowest BCUT2D eigenvalue weighted by atomic mass is 9.80. The molecule has 0 saturated heterocycles. The van der Waals surface area contributed by atoms with Crippen molar-refractivity contribution in [3.05, 3.63) is 28.0 Å². The van der Waals surface area contributed by atoms with Crippen LogP contribution in [-0.4, -0.2) is 19.2 Å². The summed E-state index contributed by atoms with van der Waals surface area (Å²) in [6, 6.07) is 3.27. The van der Waals surface area contributed by atoms with E-state index < -0.39 is 0 Å². The van der Waals surface area contributed by atoms with E-state index in [0.717, 1.165) is 18.5 Å². The first-order chi connectivity index (χ1) is 9.07. The van der Waals surface area contributed by atoms with Crippen LogP contribution in [0.2, 0.25) is 0 Å². The molecule has 0 amide bonds. The molecule has 0 radical (unpaired) electrons.